The van der Waals surface area contributed by atoms with Crippen molar-refractivity contribution in [3.8, 4) is 0 Å². The molecule has 1 atom stereocenters. The molecule has 1 saturated heterocycles. The van der Waals surface area contributed by atoms with Crippen LogP contribution in [-0.2, 0) is 14.3 Å². The molecule has 0 radical (unpaired) electrons. The summed E-state index contributed by atoms with van der Waals surface area (Å²) in [6, 6.07) is 0. The van der Waals surface area contributed by atoms with Gasteiger partial charge in [-0.05, 0) is 0 Å². The van der Waals surface area contributed by atoms with Gasteiger partial charge in [-0.2, -0.15) is 0 Å². The third-order valence-electron chi connectivity index (χ3n) is 1.45. The number of ether oxygens (including phenoxy) is 1. The van der Waals surface area contributed by atoms with Gasteiger partial charge in [0.25, 0.3) is 5.91 Å². The molecule has 0 bridgehead atoms. The van der Waals surface area contributed by atoms with Gasteiger partial charge in [0.15, 0.2) is 6.10 Å². The summed E-state index contributed by atoms with van der Waals surface area (Å²) < 4.78 is 4.43. The first-order chi connectivity index (χ1) is 5.59. The molecule has 1 aliphatic heterocycles. The Morgan fingerprint density at radius 2 is 2.25 bits per heavy atom. The van der Waals surface area contributed by atoms with Crippen LogP contribution in [0, 0.1) is 0 Å². The Morgan fingerprint density at radius 1 is 1.58 bits per heavy atom. The van der Waals surface area contributed by atoms with E-state index in [2.05, 4.69) is 4.74 Å². The first kappa shape index (κ1) is 8.51. The number of carbonyl (C=O) groups is 3. The molecule has 0 aliphatic carbocycles. The van der Waals surface area contributed by atoms with Gasteiger partial charge in [0.1, 0.15) is 0 Å². The number of primary amides is 1. The lowest BCUT2D eigenvalue weighted by Gasteiger charge is -2.19. The fourth-order valence-corrected chi connectivity index (χ4v) is 0.926. The van der Waals surface area contributed by atoms with E-state index in [4.69, 9.17) is 5.73 Å². The van der Waals surface area contributed by atoms with Crippen molar-refractivity contribution in [3.63, 3.8) is 0 Å². The van der Waals surface area contributed by atoms with Gasteiger partial charge in [0.05, 0.1) is 0 Å². The van der Waals surface area contributed by atoms with Crippen LogP contribution < -0.4 is 11.1 Å². The molecule has 0 saturated carbocycles. The van der Waals surface area contributed by atoms with E-state index in [0.29, 0.717) is 0 Å². The molecule has 0 spiro atoms. The highest BCUT2D eigenvalue weighted by atomic mass is 16.6. The van der Waals surface area contributed by atoms with Crippen molar-refractivity contribution >= 4 is 17.9 Å². The standard InChI is InChI=1S/C6H8N2O4/c7-6(11)12-3-1-2-4(9)8-5(3)10/h3H,1-2H2,(H2,7,11)(H,8,9,10). The van der Waals surface area contributed by atoms with Crippen molar-refractivity contribution < 1.29 is 19.1 Å². The predicted octanol–water partition coefficient (Wildman–Crippen LogP) is -1.11. The SMILES string of the molecule is NC(=O)OC1CCC(=O)NC1=O. The molecule has 6 nitrogen and oxygen atoms in total. The lowest BCUT2D eigenvalue weighted by Crippen LogP contribution is -2.46. The van der Waals surface area contributed by atoms with Gasteiger partial charge in [-0.3, -0.25) is 14.9 Å². The van der Waals surface area contributed by atoms with E-state index in [-0.39, 0.29) is 18.7 Å². The Balaban J connectivity index is 2.51. The number of rotatable bonds is 1. The molecule has 1 unspecified atom stereocenters. The predicted molar refractivity (Wildman–Crippen MR) is 36.8 cm³/mol. The summed E-state index contributed by atoms with van der Waals surface area (Å²) in [5.74, 6) is -0.964. The van der Waals surface area contributed by atoms with E-state index in [9.17, 15) is 14.4 Å². The van der Waals surface area contributed by atoms with Crippen LogP contribution >= 0.6 is 0 Å². The monoisotopic (exact) mass is 172 g/mol. The Labute approximate surface area is 68.0 Å². The number of nitrogens with one attached hydrogen (secondary N) is 1. The second kappa shape index (κ2) is 3.21. The van der Waals surface area contributed by atoms with Gasteiger partial charge in [0, 0.05) is 12.8 Å². The van der Waals surface area contributed by atoms with E-state index in [1.54, 1.807) is 0 Å². The van der Waals surface area contributed by atoms with Gasteiger partial charge < -0.3 is 10.5 Å². The van der Waals surface area contributed by atoms with Gasteiger partial charge in [-0.15, -0.1) is 0 Å². The highest BCUT2D eigenvalue weighted by molar-refractivity contribution is 6.00. The molecule has 1 aliphatic rings. The number of amides is 3. The average Bonchev–Trinajstić information content (AvgIpc) is 1.94. The van der Waals surface area contributed by atoms with Crippen LogP contribution in [-0.4, -0.2) is 24.0 Å². The first-order valence-electron chi connectivity index (χ1n) is 3.39. The fraction of sp³-hybridized carbons (Fsp3) is 0.500. The zero-order valence-corrected chi connectivity index (χ0v) is 6.20. The van der Waals surface area contributed by atoms with Gasteiger partial charge >= 0.3 is 6.09 Å². The zero-order chi connectivity index (χ0) is 9.14. The molecule has 0 aromatic heterocycles. The second-order valence-corrected chi connectivity index (χ2v) is 2.38. The normalized spacial score (nSPS) is 23.2. The summed E-state index contributed by atoms with van der Waals surface area (Å²) in [7, 11) is 0. The van der Waals surface area contributed by atoms with E-state index < -0.39 is 18.1 Å². The Bertz CT molecular complexity index is 238. The maximum Gasteiger partial charge on any atom is 0.405 e. The molecule has 1 heterocycles. The van der Waals surface area contributed by atoms with Crippen LogP contribution in [0.25, 0.3) is 0 Å². The number of piperidine rings is 1. The summed E-state index contributed by atoms with van der Waals surface area (Å²) in [4.78, 5) is 31.7. The van der Waals surface area contributed by atoms with Crippen LogP contribution in [0.1, 0.15) is 12.8 Å². The van der Waals surface area contributed by atoms with Crippen molar-refractivity contribution in [2.75, 3.05) is 0 Å². The van der Waals surface area contributed by atoms with Gasteiger partial charge in [-0.1, -0.05) is 0 Å². The minimum Gasteiger partial charge on any atom is -0.436 e. The number of imide groups is 1. The van der Waals surface area contributed by atoms with Crippen molar-refractivity contribution in [1.29, 1.82) is 0 Å². The van der Waals surface area contributed by atoms with Crippen molar-refractivity contribution in [3.05, 3.63) is 0 Å². The molecule has 0 aromatic carbocycles. The highest BCUT2D eigenvalue weighted by Gasteiger charge is 2.28. The van der Waals surface area contributed by atoms with E-state index >= 15 is 0 Å². The van der Waals surface area contributed by atoms with Gasteiger partial charge in [0.2, 0.25) is 5.91 Å². The number of nitrogens with two attached hydrogens (primary N) is 1. The summed E-state index contributed by atoms with van der Waals surface area (Å²) in [5.41, 5.74) is 4.69. The Morgan fingerprint density at radius 3 is 2.75 bits per heavy atom. The molecule has 12 heavy (non-hydrogen) atoms. The number of carbonyl (C=O) groups excluding carboxylic acids is 3. The molecule has 1 fully saturated rings. The molecule has 1 rings (SSSR count). The van der Waals surface area contributed by atoms with Crippen LogP contribution in [0.4, 0.5) is 4.79 Å². The molecule has 3 N–H and O–H groups in total. The Hall–Kier alpha value is -1.59. The molecule has 3 amide bonds. The molecule has 0 aromatic rings. The number of hydrogen-bond acceptors (Lipinski definition) is 4. The van der Waals surface area contributed by atoms with E-state index in [1.165, 1.54) is 0 Å². The largest absolute Gasteiger partial charge is 0.436 e. The fourth-order valence-electron chi connectivity index (χ4n) is 0.926. The number of hydrogen-bond donors (Lipinski definition) is 2. The summed E-state index contributed by atoms with van der Waals surface area (Å²) >= 11 is 0. The maximum absolute atomic E-state index is 10.9. The van der Waals surface area contributed by atoms with E-state index in [0.717, 1.165) is 0 Å². The van der Waals surface area contributed by atoms with Gasteiger partial charge in [-0.25, -0.2) is 4.79 Å². The topological polar surface area (TPSA) is 98.5 Å². The lowest BCUT2D eigenvalue weighted by atomic mass is 10.1. The third kappa shape index (κ3) is 1.94. The van der Waals surface area contributed by atoms with Crippen LogP contribution in [0.2, 0.25) is 0 Å². The minimum absolute atomic E-state index is 0.170. The first-order valence-corrected chi connectivity index (χ1v) is 3.39. The summed E-state index contributed by atoms with van der Waals surface area (Å²) in [5, 5.41) is 2.02. The average molecular weight is 172 g/mol. The van der Waals surface area contributed by atoms with Crippen LogP contribution in [0.3, 0.4) is 0 Å². The molecular formula is C6H8N2O4. The Kier molecular flexibility index (Phi) is 2.27. The summed E-state index contributed by atoms with van der Waals surface area (Å²) in [6.07, 6.45) is -1.55. The third-order valence-corrected chi connectivity index (χ3v) is 1.45. The molecule has 66 valence electrons. The lowest BCUT2D eigenvalue weighted by molar-refractivity contribution is -0.140. The highest BCUT2D eigenvalue weighted by Crippen LogP contribution is 2.07. The van der Waals surface area contributed by atoms with Crippen molar-refractivity contribution in [2.24, 2.45) is 5.73 Å². The molecule has 6 heteroatoms. The molecular weight excluding hydrogens is 164 g/mol. The van der Waals surface area contributed by atoms with Crippen molar-refractivity contribution in [1.82, 2.24) is 5.32 Å². The van der Waals surface area contributed by atoms with Crippen LogP contribution in [0.5, 0.6) is 0 Å². The second-order valence-electron chi connectivity index (χ2n) is 2.38. The van der Waals surface area contributed by atoms with Crippen LogP contribution in [0.15, 0.2) is 0 Å². The smallest absolute Gasteiger partial charge is 0.405 e. The minimum atomic E-state index is -1.01. The van der Waals surface area contributed by atoms with E-state index in [1.807, 2.05) is 5.32 Å². The quantitative estimate of drug-likeness (QED) is 0.490. The zero-order valence-electron chi connectivity index (χ0n) is 6.20. The van der Waals surface area contributed by atoms with Crippen molar-refractivity contribution in [2.45, 2.75) is 18.9 Å². The maximum atomic E-state index is 10.9. The summed E-state index contributed by atoms with van der Waals surface area (Å²) in [6.45, 7) is 0.